The van der Waals surface area contributed by atoms with Gasteiger partial charge in [-0.1, -0.05) is 30.4 Å². The summed E-state index contributed by atoms with van der Waals surface area (Å²) < 4.78 is 5.69. The smallest absolute Gasteiger partial charge is 0.124 e. The number of likely N-dealkylation sites (tertiary alicyclic amines) is 1. The van der Waals surface area contributed by atoms with E-state index in [1.807, 2.05) is 25.1 Å². The van der Waals surface area contributed by atoms with E-state index in [9.17, 15) is 0 Å². The van der Waals surface area contributed by atoms with Gasteiger partial charge in [0, 0.05) is 5.56 Å². The Morgan fingerprint density at radius 1 is 1.39 bits per heavy atom. The Labute approximate surface area is 114 Å². The maximum Gasteiger partial charge on any atom is 0.124 e. The van der Waals surface area contributed by atoms with Gasteiger partial charge in [0.2, 0.25) is 0 Å². The van der Waals surface area contributed by atoms with E-state index in [4.69, 9.17) is 22.7 Å². The lowest BCUT2D eigenvalue weighted by Crippen LogP contribution is -2.35. The van der Waals surface area contributed by atoms with Crippen molar-refractivity contribution in [2.24, 2.45) is 5.73 Å². The van der Waals surface area contributed by atoms with E-state index in [0.717, 1.165) is 24.4 Å². The monoisotopic (exact) mass is 264 g/mol. The summed E-state index contributed by atoms with van der Waals surface area (Å²) in [7, 11) is 0. The summed E-state index contributed by atoms with van der Waals surface area (Å²) in [4.78, 5) is 2.88. The van der Waals surface area contributed by atoms with Gasteiger partial charge in [0.1, 0.15) is 5.75 Å². The zero-order chi connectivity index (χ0) is 13.0. The summed E-state index contributed by atoms with van der Waals surface area (Å²) in [5.74, 6) is 0.893. The maximum absolute atomic E-state index is 5.95. The van der Waals surface area contributed by atoms with E-state index in [-0.39, 0.29) is 6.04 Å². The Hall–Kier alpha value is -1.13. The Kier molecular flexibility index (Phi) is 4.55. The summed E-state index contributed by atoms with van der Waals surface area (Å²) in [6.45, 7) is 4.76. The fourth-order valence-corrected chi connectivity index (χ4v) is 2.80. The summed E-state index contributed by atoms with van der Waals surface area (Å²) in [5, 5.41) is 0. The highest BCUT2D eigenvalue weighted by Crippen LogP contribution is 2.31. The van der Waals surface area contributed by atoms with Crippen LogP contribution in [0.5, 0.6) is 5.75 Å². The van der Waals surface area contributed by atoms with Gasteiger partial charge in [0.05, 0.1) is 17.6 Å². The number of hydrogen-bond acceptors (Lipinski definition) is 3. The minimum Gasteiger partial charge on any atom is -0.494 e. The molecule has 98 valence electrons. The normalized spacial score (nSPS) is 17.6. The molecule has 3 nitrogen and oxygen atoms in total. The van der Waals surface area contributed by atoms with Gasteiger partial charge in [0.25, 0.3) is 0 Å². The molecule has 0 amide bonds. The van der Waals surface area contributed by atoms with E-state index in [0.29, 0.717) is 11.6 Å². The van der Waals surface area contributed by atoms with Gasteiger partial charge in [-0.25, -0.2) is 0 Å². The minimum atomic E-state index is 0.00486. The lowest BCUT2D eigenvalue weighted by atomic mass is 10.0. The number of benzene rings is 1. The van der Waals surface area contributed by atoms with Crippen molar-refractivity contribution < 1.29 is 4.74 Å². The first-order valence-corrected chi connectivity index (χ1v) is 6.90. The van der Waals surface area contributed by atoms with Gasteiger partial charge in [-0.3, -0.25) is 4.90 Å². The number of ether oxygens (including phenoxy) is 1. The Bertz CT molecular complexity index is 416. The van der Waals surface area contributed by atoms with Crippen LogP contribution in [0.4, 0.5) is 0 Å². The molecule has 2 N–H and O–H groups in total. The quantitative estimate of drug-likeness (QED) is 0.829. The average Bonchev–Trinajstić information content (AvgIpc) is 2.85. The number of hydrogen-bond donors (Lipinski definition) is 1. The lowest BCUT2D eigenvalue weighted by molar-refractivity contribution is 0.286. The predicted molar refractivity (Wildman–Crippen MR) is 77.9 cm³/mol. The van der Waals surface area contributed by atoms with Gasteiger partial charge in [0.15, 0.2) is 0 Å². The first kappa shape index (κ1) is 13.3. The molecule has 1 atom stereocenters. The molecule has 0 saturated carbocycles. The van der Waals surface area contributed by atoms with Crippen molar-refractivity contribution in [1.82, 2.24) is 4.90 Å². The molecular weight excluding hydrogens is 244 g/mol. The molecule has 1 aliphatic heterocycles. The average molecular weight is 264 g/mol. The molecule has 4 heteroatoms. The largest absolute Gasteiger partial charge is 0.494 e. The molecule has 1 saturated heterocycles. The van der Waals surface area contributed by atoms with E-state index in [2.05, 4.69) is 11.0 Å². The fourth-order valence-electron chi connectivity index (χ4n) is 2.52. The highest BCUT2D eigenvalue weighted by atomic mass is 32.1. The van der Waals surface area contributed by atoms with Gasteiger partial charge in [-0.15, -0.1) is 0 Å². The lowest BCUT2D eigenvalue weighted by Gasteiger charge is -2.28. The topological polar surface area (TPSA) is 38.5 Å². The Balaban J connectivity index is 2.32. The van der Waals surface area contributed by atoms with E-state index >= 15 is 0 Å². The van der Waals surface area contributed by atoms with Gasteiger partial charge < -0.3 is 10.5 Å². The second-order valence-electron chi connectivity index (χ2n) is 4.52. The standard InChI is InChI=1S/C14H20N2OS/c1-2-17-12-8-4-3-7-11(12)13(14(15)18)16-9-5-6-10-16/h3-4,7-8,13H,2,5-6,9-10H2,1H3,(H2,15,18). The maximum atomic E-state index is 5.95. The van der Waals surface area contributed by atoms with Gasteiger partial charge in [-0.2, -0.15) is 0 Å². The summed E-state index contributed by atoms with van der Waals surface area (Å²) in [5.41, 5.74) is 7.04. The number of rotatable bonds is 5. The predicted octanol–water partition coefficient (Wildman–Crippen LogP) is 2.51. The van der Waals surface area contributed by atoms with Crippen LogP contribution in [-0.2, 0) is 0 Å². The van der Waals surface area contributed by atoms with Gasteiger partial charge in [-0.05, 0) is 38.9 Å². The molecule has 18 heavy (non-hydrogen) atoms. The second kappa shape index (κ2) is 6.16. The number of thiocarbonyl (C=S) groups is 1. The van der Waals surface area contributed by atoms with Gasteiger partial charge >= 0.3 is 0 Å². The molecule has 0 radical (unpaired) electrons. The van der Waals surface area contributed by atoms with E-state index in [1.165, 1.54) is 12.8 Å². The highest BCUT2D eigenvalue weighted by Gasteiger charge is 2.27. The van der Waals surface area contributed by atoms with Crippen LogP contribution in [0, 0.1) is 0 Å². The molecule has 1 unspecified atom stereocenters. The Morgan fingerprint density at radius 2 is 2.06 bits per heavy atom. The molecule has 0 aliphatic carbocycles. The van der Waals surface area contributed by atoms with Crippen LogP contribution in [0.15, 0.2) is 24.3 Å². The molecule has 1 aromatic carbocycles. The molecule has 2 rings (SSSR count). The first-order chi connectivity index (χ1) is 8.74. The van der Waals surface area contributed by atoms with Crippen LogP contribution in [0.1, 0.15) is 31.4 Å². The molecule has 0 aromatic heterocycles. The van der Waals surface area contributed by atoms with E-state index < -0.39 is 0 Å². The molecule has 1 aliphatic rings. The fraction of sp³-hybridized carbons (Fsp3) is 0.500. The third-order valence-electron chi connectivity index (χ3n) is 3.29. The van der Waals surface area contributed by atoms with Crippen molar-refractivity contribution in [3.63, 3.8) is 0 Å². The molecular formula is C14H20N2OS. The molecule has 0 bridgehead atoms. The zero-order valence-electron chi connectivity index (χ0n) is 10.8. The molecule has 0 spiro atoms. The number of nitrogens with zero attached hydrogens (tertiary/aromatic N) is 1. The van der Waals surface area contributed by atoms with E-state index in [1.54, 1.807) is 0 Å². The molecule has 1 aromatic rings. The van der Waals surface area contributed by atoms with Crippen molar-refractivity contribution in [1.29, 1.82) is 0 Å². The van der Waals surface area contributed by atoms with Crippen molar-refractivity contribution in [2.75, 3.05) is 19.7 Å². The number of nitrogens with two attached hydrogens (primary N) is 1. The van der Waals surface area contributed by atoms with Crippen molar-refractivity contribution in [3.05, 3.63) is 29.8 Å². The van der Waals surface area contributed by atoms with Crippen molar-refractivity contribution in [2.45, 2.75) is 25.8 Å². The van der Waals surface area contributed by atoms with Crippen LogP contribution in [-0.4, -0.2) is 29.6 Å². The van der Waals surface area contributed by atoms with Crippen molar-refractivity contribution in [3.8, 4) is 5.75 Å². The second-order valence-corrected chi connectivity index (χ2v) is 4.99. The first-order valence-electron chi connectivity index (χ1n) is 6.49. The number of para-hydroxylation sites is 1. The third-order valence-corrected chi connectivity index (χ3v) is 3.51. The van der Waals surface area contributed by atoms with Crippen molar-refractivity contribution >= 4 is 17.2 Å². The van der Waals surface area contributed by atoms with Crippen LogP contribution in [0.3, 0.4) is 0 Å². The van der Waals surface area contributed by atoms with Crippen LogP contribution >= 0.6 is 12.2 Å². The highest BCUT2D eigenvalue weighted by molar-refractivity contribution is 7.80. The zero-order valence-corrected chi connectivity index (χ0v) is 11.6. The Morgan fingerprint density at radius 3 is 2.67 bits per heavy atom. The minimum absolute atomic E-state index is 0.00486. The SMILES string of the molecule is CCOc1ccccc1C(C(N)=S)N1CCCC1. The van der Waals surface area contributed by atoms with Crippen LogP contribution in [0.2, 0.25) is 0 Å². The third kappa shape index (κ3) is 2.82. The summed E-state index contributed by atoms with van der Waals surface area (Å²) in [6.07, 6.45) is 2.44. The van der Waals surface area contributed by atoms with Crippen LogP contribution < -0.4 is 10.5 Å². The summed E-state index contributed by atoms with van der Waals surface area (Å²) in [6, 6.07) is 8.05. The molecule has 1 heterocycles. The van der Waals surface area contributed by atoms with Crippen LogP contribution in [0.25, 0.3) is 0 Å². The molecule has 1 fully saturated rings. The summed E-state index contributed by atoms with van der Waals surface area (Å²) >= 11 is 5.26.